The predicted octanol–water partition coefficient (Wildman–Crippen LogP) is 2.13. The Labute approximate surface area is 152 Å². The van der Waals surface area contributed by atoms with Crippen molar-refractivity contribution < 1.29 is 14.3 Å². The van der Waals surface area contributed by atoms with Crippen LogP contribution in [0.15, 0.2) is 0 Å². The van der Waals surface area contributed by atoms with Gasteiger partial charge in [-0.15, -0.1) is 0 Å². The van der Waals surface area contributed by atoms with Crippen molar-refractivity contribution in [2.24, 2.45) is 5.92 Å². The van der Waals surface area contributed by atoms with Crippen molar-refractivity contribution in [2.45, 2.75) is 70.2 Å². The molecule has 144 valence electrons. The molecule has 25 heavy (non-hydrogen) atoms. The summed E-state index contributed by atoms with van der Waals surface area (Å²) in [7, 11) is 0. The normalized spacial score (nSPS) is 29.4. The van der Waals surface area contributed by atoms with Crippen molar-refractivity contribution >= 4 is 6.03 Å². The average molecular weight is 354 g/mol. The van der Waals surface area contributed by atoms with Gasteiger partial charge in [0.2, 0.25) is 0 Å². The van der Waals surface area contributed by atoms with E-state index in [9.17, 15) is 4.79 Å². The zero-order valence-corrected chi connectivity index (χ0v) is 15.9. The first kappa shape index (κ1) is 18.9. The summed E-state index contributed by atoms with van der Waals surface area (Å²) >= 11 is 0. The van der Waals surface area contributed by atoms with Crippen LogP contribution in [0.4, 0.5) is 4.79 Å². The Hall–Kier alpha value is -0.850. The Bertz CT molecular complexity index is 438. The van der Waals surface area contributed by atoms with E-state index >= 15 is 0 Å². The standard InChI is InChI=1S/C19H35N3O3/c1-15(2)13-22-9-10-24-17(14-22)12-21-18(23)20-11-16-5-8-19(25-16)6-3-4-7-19/h15-17H,3-14H2,1-2H3,(H2,20,21,23). The molecule has 2 amide bonds. The van der Waals surface area contributed by atoms with Crippen molar-refractivity contribution in [3.8, 4) is 0 Å². The number of carbonyl (C=O) groups is 1. The zero-order valence-electron chi connectivity index (χ0n) is 15.9. The first-order valence-corrected chi connectivity index (χ1v) is 10.1. The molecule has 3 aliphatic rings. The van der Waals surface area contributed by atoms with Gasteiger partial charge >= 0.3 is 6.03 Å². The van der Waals surface area contributed by atoms with Crippen LogP contribution in [-0.2, 0) is 9.47 Å². The van der Waals surface area contributed by atoms with Gasteiger partial charge in [0.1, 0.15) is 0 Å². The van der Waals surface area contributed by atoms with Crippen LogP contribution in [0.3, 0.4) is 0 Å². The third kappa shape index (κ3) is 5.56. The number of nitrogens with one attached hydrogen (secondary N) is 2. The molecule has 0 aromatic rings. The number of hydrogen-bond donors (Lipinski definition) is 2. The predicted molar refractivity (Wildman–Crippen MR) is 97.7 cm³/mol. The summed E-state index contributed by atoms with van der Waals surface area (Å²) in [6.45, 7) is 9.36. The second kappa shape index (κ2) is 8.69. The van der Waals surface area contributed by atoms with Crippen LogP contribution in [-0.4, -0.2) is 68.1 Å². The number of morpholine rings is 1. The van der Waals surface area contributed by atoms with E-state index in [1.165, 1.54) is 25.7 Å². The number of carbonyl (C=O) groups excluding carboxylic acids is 1. The van der Waals surface area contributed by atoms with E-state index < -0.39 is 0 Å². The number of nitrogens with zero attached hydrogens (tertiary/aromatic N) is 1. The van der Waals surface area contributed by atoms with Crippen molar-refractivity contribution in [2.75, 3.05) is 39.3 Å². The molecule has 2 heterocycles. The molecular formula is C19H35N3O3. The van der Waals surface area contributed by atoms with Gasteiger partial charge < -0.3 is 20.1 Å². The first-order chi connectivity index (χ1) is 12.0. The molecule has 1 saturated carbocycles. The molecule has 0 radical (unpaired) electrons. The number of ether oxygens (including phenoxy) is 2. The summed E-state index contributed by atoms with van der Waals surface area (Å²) in [6.07, 6.45) is 7.45. The molecule has 2 N–H and O–H groups in total. The van der Waals surface area contributed by atoms with Crippen LogP contribution in [0.5, 0.6) is 0 Å². The highest BCUT2D eigenvalue weighted by molar-refractivity contribution is 5.73. The van der Waals surface area contributed by atoms with Gasteiger partial charge in [-0.25, -0.2) is 4.79 Å². The third-order valence-corrected chi connectivity index (χ3v) is 5.68. The van der Waals surface area contributed by atoms with Crippen LogP contribution in [0.2, 0.25) is 0 Å². The molecule has 0 bridgehead atoms. The maximum Gasteiger partial charge on any atom is 0.314 e. The number of amides is 2. The summed E-state index contributed by atoms with van der Waals surface area (Å²) in [6, 6.07) is -0.111. The summed E-state index contributed by atoms with van der Waals surface area (Å²) in [5, 5.41) is 5.92. The molecule has 6 nitrogen and oxygen atoms in total. The minimum Gasteiger partial charge on any atom is -0.374 e. The minimum atomic E-state index is -0.111. The van der Waals surface area contributed by atoms with Gasteiger partial charge in [0.15, 0.2) is 0 Å². The maximum atomic E-state index is 12.1. The summed E-state index contributed by atoms with van der Waals surface area (Å²) in [5.41, 5.74) is 0.138. The van der Waals surface area contributed by atoms with Crippen molar-refractivity contribution in [3.05, 3.63) is 0 Å². The Balaban J connectivity index is 1.30. The molecule has 2 aliphatic heterocycles. The Morgan fingerprint density at radius 2 is 1.88 bits per heavy atom. The summed E-state index contributed by atoms with van der Waals surface area (Å²) in [4.78, 5) is 14.5. The number of hydrogen-bond acceptors (Lipinski definition) is 4. The number of urea groups is 1. The first-order valence-electron chi connectivity index (χ1n) is 10.1. The monoisotopic (exact) mass is 353 g/mol. The fourth-order valence-corrected chi connectivity index (χ4v) is 4.49. The van der Waals surface area contributed by atoms with Crippen molar-refractivity contribution in [3.63, 3.8) is 0 Å². The molecule has 2 unspecified atom stereocenters. The minimum absolute atomic E-state index is 0.0859. The van der Waals surface area contributed by atoms with Crippen LogP contribution in [0.1, 0.15) is 52.4 Å². The molecule has 3 rings (SSSR count). The molecule has 1 spiro atoms. The van der Waals surface area contributed by atoms with Crippen LogP contribution in [0.25, 0.3) is 0 Å². The smallest absolute Gasteiger partial charge is 0.314 e. The van der Waals surface area contributed by atoms with Gasteiger partial charge in [0.05, 0.1) is 24.4 Å². The fourth-order valence-electron chi connectivity index (χ4n) is 4.49. The van der Waals surface area contributed by atoms with Gasteiger partial charge in [-0.05, 0) is 31.6 Å². The molecule has 0 aromatic heterocycles. The molecule has 1 aliphatic carbocycles. The SMILES string of the molecule is CC(C)CN1CCOC(CNC(=O)NCC2CCC3(CCCC3)O2)C1. The highest BCUT2D eigenvalue weighted by atomic mass is 16.5. The van der Waals surface area contributed by atoms with E-state index in [2.05, 4.69) is 29.4 Å². The van der Waals surface area contributed by atoms with E-state index in [-0.39, 0.29) is 23.8 Å². The van der Waals surface area contributed by atoms with Crippen molar-refractivity contribution in [1.29, 1.82) is 0 Å². The lowest BCUT2D eigenvalue weighted by atomic mass is 9.98. The van der Waals surface area contributed by atoms with Gasteiger partial charge in [-0.1, -0.05) is 26.7 Å². The van der Waals surface area contributed by atoms with Gasteiger partial charge in [-0.3, -0.25) is 4.90 Å². The van der Waals surface area contributed by atoms with Crippen molar-refractivity contribution in [1.82, 2.24) is 15.5 Å². The van der Waals surface area contributed by atoms with E-state index in [0.717, 1.165) is 39.1 Å². The van der Waals surface area contributed by atoms with E-state index in [1.54, 1.807) is 0 Å². The van der Waals surface area contributed by atoms with E-state index in [1.807, 2.05) is 0 Å². The highest BCUT2D eigenvalue weighted by Gasteiger charge is 2.42. The third-order valence-electron chi connectivity index (χ3n) is 5.68. The van der Waals surface area contributed by atoms with Gasteiger partial charge in [-0.2, -0.15) is 0 Å². The van der Waals surface area contributed by atoms with E-state index in [4.69, 9.17) is 9.47 Å². The summed E-state index contributed by atoms with van der Waals surface area (Å²) in [5.74, 6) is 0.657. The maximum absolute atomic E-state index is 12.1. The molecule has 3 fully saturated rings. The van der Waals surface area contributed by atoms with Crippen LogP contribution in [0, 0.1) is 5.92 Å². The molecular weight excluding hydrogens is 318 g/mol. The topological polar surface area (TPSA) is 62.8 Å². The fraction of sp³-hybridized carbons (Fsp3) is 0.947. The number of rotatable bonds is 6. The molecule has 2 atom stereocenters. The summed E-state index contributed by atoms with van der Waals surface area (Å²) < 4.78 is 12.0. The molecule has 2 saturated heterocycles. The Kier molecular flexibility index (Phi) is 6.58. The van der Waals surface area contributed by atoms with Gasteiger partial charge in [0, 0.05) is 32.7 Å². The average Bonchev–Trinajstić information content (AvgIpc) is 3.21. The quantitative estimate of drug-likeness (QED) is 0.768. The lowest BCUT2D eigenvalue weighted by Crippen LogP contribution is -2.50. The van der Waals surface area contributed by atoms with Crippen LogP contribution < -0.4 is 10.6 Å². The zero-order chi connectivity index (χ0) is 17.7. The molecule has 0 aromatic carbocycles. The van der Waals surface area contributed by atoms with Crippen LogP contribution >= 0.6 is 0 Å². The lowest BCUT2D eigenvalue weighted by Gasteiger charge is -2.34. The lowest BCUT2D eigenvalue weighted by molar-refractivity contribution is -0.0346. The van der Waals surface area contributed by atoms with Gasteiger partial charge in [0.25, 0.3) is 0 Å². The Morgan fingerprint density at radius 3 is 2.60 bits per heavy atom. The highest BCUT2D eigenvalue weighted by Crippen LogP contribution is 2.43. The second-order valence-corrected chi connectivity index (χ2v) is 8.41. The van der Waals surface area contributed by atoms with E-state index in [0.29, 0.717) is 19.0 Å². The largest absolute Gasteiger partial charge is 0.374 e. The second-order valence-electron chi connectivity index (χ2n) is 8.41. The molecule has 6 heteroatoms. The Morgan fingerprint density at radius 1 is 1.16 bits per heavy atom.